The van der Waals surface area contributed by atoms with E-state index in [1.165, 1.54) is 0 Å². The van der Waals surface area contributed by atoms with Crippen molar-refractivity contribution < 1.29 is 4.79 Å². The van der Waals surface area contributed by atoms with Gasteiger partial charge in [0.1, 0.15) is 0 Å². The highest BCUT2D eigenvalue weighted by molar-refractivity contribution is 5.92. The molecule has 5 heteroatoms. The van der Waals surface area contributed by atoms with Crippen LogP contribution in [0, 0.1) is 12.8 Å². The van der Waals surface area contributed by atoms with Crippen molar-refractivity contribution in [2.45, 2.75) is 27.3 Å². The van der Waals surface area contributed by atoms with Gasteiger partial charge in [-0.15, -0.1) is 0 Å². The number of aromatic nitrogens is 2. The molecule has 0 aliphatic rings. The van der Waals surface area contributed by atoms with E-state index < -0.39 is 0 Å². The van der Waals surface area contributed by atoms with E-state index in [0.717, 1.165) is 22.6 Å². The minimum Gasteiger partial charge on any atom is -0.381 e. The number of hydrogen-bond acceptors (Lipinski definition) is 3. The molecule has 1 aromatic carbocycles. The first kappa shape index (κ1) is 14.1. The van der Waals surface area contributed by atoms with Gasteiger partial charge in [-0.05, 0) is 25.1 Å². The highest BCUT2D eigenvalue weighted by atomic mass is 16.1. The van der Waals surface area contributed by atoms with Crippen LogP contribution in [0.3, 0.4) is 0 Å². The zero-order chi connectivity index (χ0) is 14.5. The minimum absolute atomic E-state index is 0.0211. The molecule has 0 spiro atoms. The van der Waals surface area contributed by atoms with Gasteiger partial charge >= 0.3 is 0 Å². The van der Waals surface area contributed by atoms with Crippen LogP contribution < -0.4 is 10.6 Å². The summed E-state index contributed by atoms with van der Waals surface area (Å²) in [6, 6.07) is 7.70. The third-order valence-corrected chi connectivity index (χ3v) is 3.07. The summed E-state index contributed by atoms with van der Waals surface area (Å²) in [6.45, 7) is 6.44. The first-order valence-corrected chi connectivity index (χ1v) is 6.70. The third-order valence-electron chi connectivity index (χ3n) is 3.07. The molecule has 1 aromatic heterocycles. The number of H-pyrrole nitrogens is 1. The Morgan fingerprint density at radius 1 is 1.35 bits per heavy atom. The molecule has 0 radical (unpaired) electrons. The molecule has 0 bridgehead atoms. The highest BCUT2D eigenvalue weighted by Crippen LogP contribution is 2.17. The topological polar surface area (TPSA) is 69.8 Å². The lowest BCUT2D eigenvalue weighted by Gasteiger charge is -2.10. The smallest absolute Gasteiger partial charge is 0.226 e. The SMILES string of the molecule is Cc1[nH]ncc1CNc1cccc(NC(=O)C(C)C)c1. The van der Waals surface area contributed by atoms with Crippen molar-refractivity contribution >= 4 is 17.3 Å². The van der Waals surface area contributed by atoms with E-state index in [9.17, 15) is 4.79 Å². The van der Waals surface area contributed by atoms with Crippen molar-refractivity contribution in [1.82, 2.24) is 10.2 Å². The molecule has 1 amide bonds. The normalized spacial score (nSPS) is 10.6. The Bertz CT molecular complexity index is 589. The quantitative estimate of drug-likeness (QED) is 0.783. The van der Waals surface area contributed by atoms with Crippen LogP contribution in [0.4, 0.5) is 11.4 Å². The minimum atomic E-state index is -0.0276. The van der Waals surface area contributed by atoms with Gasteiger partial charge in [0.15, 0.2) is 0 Å². The maximum absolute atomic E-state index is 11.7. The summed E-state index contributed by atoms with van der Waals surface area (Å²) in [7, 11) is 0. The van der Waals surface area contributed by atoms with Crippen molar-refractivity contribution in [3.63, 3.8) is 0 Å². The van der Waals surface area contributed by atoms with Gasteiger partial charge in [-0.3, -0.25) is 9.89 Å². The molecule has 106 valence electrons. The van der Waals surface area contributed by atoms with E-state index in [0.29, 0.717) is 6.54 Å². The number of rotatable bonds is 5. The molecule has 2 rings (SSSR count). The first-order chi connectivity index (χ1) is 9.56. The summed E-state index contributed by atoms with van der Waals surface area (Å²) in [4.78, 5) is 11.7. The van der Waals surface area contributed by atoms with Crippen LogP contribution in [0.1, 0.15) is 25.1 Å². The summed E-state index contributed by atoms with van der Waals surface area (Å²) in [6.07, 6.45) is 1.81. The summed E-state index contributed by atoms with van der Waals surface area (Å²) in [5.74, 6) is -0.00646. The maximum atomic E-state index is 11.7. The fourth-order valence-corrected chi connectivity index (χ4v) is 1.74. The number of aryl methyl sites for hydroxylation is 1. The van der Waals surface area contributed by atoms with Gasteiger partial charge in [-0.25, -0.2) is 0 Å². The zero-order valence-electron chi connectivity index (χ0n) is 12.0. The molecular formula is C15H20N4O. The van der Waals surface area contributed by atoms with Crippen LogP contribution in [0.15, 0.2) is 30.5 Å². The second kappa shape index (κ2) is 6.23. The van der Waals surface area contributed by atoms with Gasteiger partial charge in [0.2, 0.25) is 5.91 Å². The second-order valence-electron chi connectivity index (χ2n) is 5.10. The van der Waals surface area contributed by atoms with Crippen molar-refractivity contribution in [3.8, 4) is 0 Å². The lowest BCUT2D eigenvalue weighted by atomic mass is 10.2. The molecule has 0 saturated heterocycles. The number of benzene rings is 1. The molecule has 0 saturated carbocycles. The fraction of sp³-hybridized carbons (Fsp3) is 0.333. The van der Waals surface area contributed by atoms with Crippen LogP contribution in [-0.4, -0.2) is 16.1 Å². The molecule has 0 atom stereocenters. The number of nitrogens with one attached hydrogen (secondary N) is 3. The number of amides is 1. The number of hydrogen-bond donors (Lipinski definition) is 3. The van der Waals surface area contributed by atoms with Crippen molar-refractivity contribution in [1.29, 1.82) is 0 Å². The summed E-state index contributed by atoms with van der Waals surface area (Å²) >= 11 is 0. The Hall–Kier alpha value is -2.30. The number of aromatic amines is 1. The number of carbonyl (C=O) groups is 1. The van der Waals surface area contributed by atoms with E-state index in [1.807, 2.05) is 51.2 Å². The maximum Gasteiger partial charge on any atom is 0.226 e. The van der Waals surface area contributed by atoms with Gasteiger partial charge in [0.05, 0.1) is 6.20 Å². The number of anilines is 2. The van der Waals surface area contributed by atoms with Gasteiger partial charge in [0.25, 0.3) is 0 Å². The predicted octanol–water partition coefficient (Wildman–Crippen LogP) is 2.92. The molecule has 0 unspecified atom stereocenters. The number of carbonyl (C=O) groups excluding carboxylic acids is 1. The largest absolute Gasteiger partial charge is 0.381 e. The van der Waals surface area contributed by atoms with Crippen LogP contribution >= 0.6 is 0 Å². The molecule has 2 aromatic rings. The van der Waals surface area contributed by atoms with Crippen molar-refractivity contribution in [3.05, 3.63) is 41.7 Å². The average Bonchev–Trinajstić information content (AvgIpc) is 2.82. The van der Waals surface area contributed by atoms with Crippen LogP contribution in [0.2, 0.25) is 0 Å². The summed E-state index contributed by atoms with van der Waals surface area (Å²) in [5, 5.41) is 13.1. The summed E-state index contributed by atoms with van der Waals surface area (Å²) < 4.78 is 0. The van der Waals surface area contributed by atoms with E-state index in [2.05, 4.69) is 20.8 Å². The molecule has 0 aliphatic heterocycles. The molecule has 20 heavy (non-hydrogen) atoms. The first-order valence-electron chi connectivity index (χ1n) is 6.70. The molecular weight excluding hydrogens is 252 g/mol. The van der Waals surface area contributed by atoms with Crippen LogP contribution in [-0.2, 0) is 11.3 Å². The molecule has 1 heterocycles. The van der Waals surface area contributed by atoms with Gasteiger partial charge < -0.3 is 10.6 Å². The monoisotopic (exact) mass is 272 g/mol. The third kappa shape index (κ3) is 3.60. The Balaban J connectivity index is 1.99. The van der Waals surface area contributed by atoms with E-state index in [1.54, 1.807) is 0 Å². The average molecular weight is 272 g/mol. The Kier molecular flexibility index (Phi) is 4.40. The van der Waals surface area contributed by atoms with Gasteiger partial charge in [0, 0.05) is 35.1 Å². The van der Waals surface area contributed by atoms with Crippen LogP contribution in [0.5, 0.6) is 0 Å². The Morgan fingerprint density at radius 2 is 2.10 bits per heavy atom. The van der Waals surface area contributed by atoms with E-state index in [-0.39, 0.29) is 11.8 Å². The summed E-state index contributed by atoms with van der Waals surface area (Å²) in [5.41, 5.74) is 3.95. The molecule has 0 aliphatic carbocycles. The van der Waals surface area contributed by atoms with Gasteiger partial charge in [-0.2, -0.15) is 5.10 Å². The highest BCUT2D eigenvalue weighted by Gasteiger charge is 2.07. The van der Waals surface area contributed by atoms with E-state index in [4.69, 9.17) is 0 Å². The molecule has 5 nitrogen and oxygen atoms in total. The number of nitrogens with zero attached hydrogens (tertiary/aromatic N) is 1. The second-order valence-corrected chi connectivity index (χ2v) is 5.10. The lowest BCUT2D eigenvalue weighted by molar-refractivity contribution is -0.118. The molecule has 3 N–H and O–H groups in total. The Morgan fingerprint density at radius 3 is 2.75 bits per heavy atom. The van der Waals surface area contributed by atoms with Gasteiger partial charge in [-0.1, -0.05) is 19.9 Å². The van der Waals surface area contributed by atoms with Crippen molar-refractivity contribution in [2.75, 3.05) is 10.6 Å². The van der Waals surface area contributed by atoms with Crippen LogP contribution in [0.25, 0.3) is 0 Å². The Labute approximate surface area is 118 Å². The standard InChI is InChI=1S/C15H20N4O/c1-10(2)15(20)18-14-6-4-5-13(7-14)16-8-12-9-17-19-11(12)3/h4-7,9-10,16H,8H2,1-3H3,(H,17,19)(H,18,20). The zero-order valence-corrected chi connectivity index (χ0v) is 12.0. The van der Waals surface area contributed by atoms with Crippen molar-refractivity contribution in [2.24, 2.45) is 5.92 Å². The predicted molar refractivity (Wildman–Crippen MR) is 80.6 cm³/mol. The lowest BCUT2D eigenvalue weighted by Crippen LogP contribution is -2.17. The fourth-order valence-electron chi connectivity index (χ4n) is 1.74. The molecule has 0 fully saturated rings. The van der Waals surface area contributed by atoms with E-state index >= 15 is 0 Å².